The van der Waals surface area contributed by atoms with Gasteiger partial charge >= 0.3 is 0 Å². The van der Waals surface area contributed by atoms with Gasteiger partial charge < -0.3 is 20.2 Å². The molecule has 6 nitrogen and oxygen atoms in total. The normalized spacial score (nSPS) is 18.8. The summed E-state index contributed by atoms with van der Waals surface area (Å²) >= 11 is 3.44. The minimum atomic E-state index is -0.528. The average Bonchev–Trinajstić information content (AvgIpc) is 2.77. The topological polar surface area (TPSA) is 70.7 Å². The van der Waals surface area contributed by atoms with Crippen LogP contribution in [0.4, 0.5) is 0 Å². The number of hydrogen-bond acceptors (Lipinski definition) is 5. The Balaban J connectivity index is 2.15. The highest BCUT2D eigenvalue weighted by Gasteiger charge is 2.34. The fourth-order valence-corrected chi connectivity index (χ4v) is 4.37. The summed E-state index contributed by atoms with van der Waals surface area (Å²) in [4.78, 5) is 27.0. The van der Waals surface area contributed by atoms with Crippen molar-refractivity contribution in [2.75, 3.05) is 26.7 Å². The first kappa shape index (κ1) is 25.9. The first-order valence-corrected chi connectivity index (χ1v) is 11.9. The summed E-state index contributed by atoms with van der Waals surface area (Å²) in [7, 11) is 1.54. The fourth-order valence-electron chi connectivity index (χ4n) is 3.85. The third-order valence-corrected chi connectivity index (χ3v) is 5.89. The molecule has 1 aliphatic heterocycles. The van der Waals surface area contributed by atoms with E-state index < -0.39 is 12.1 Å². The molecular weight excluding hydrogens is 470 g/mol. The molecule has 0 spiro atoms. The Morgan fingerprint density at radius 2 is 2.00 bits per heavy atom. The van der Waals surface area contributed by atoms with Gasteiger partial charge in [0.15, 0.2) is 0 Å². The smallest absolute Gasteiger partial charge is 0.253 e. The monoisotopic (exact) mass is 503 g/mol. The number of allylic oxidation sites excluding steroid dienone is 3. The number of benzene rings is 1. The zero-order valence-electron chi connectivity index (χ0n) is 19.4. The van der Waals surface area contributed by atoms with Gasteiger partial charge in [0.05, 0.1) is 17.5 Å². The zero-order valence-corrected chi connectivity index (χ0v) is 20.9. The van der Waals surface area contributed by atoms with Gasteiger partial charge in [0, 0.05) is 12.1 Å². The van der Waals surface area contributed by atoms with E-state index in [0.29, 0.717) is 21.3 Å². The van der Waals surface area contributed by atoms with E-state index in [1.54, 1.807) is 25.4 Å². The van der Waals surface area contributed by atoms with Crippen molar-refractivity contribution < 1.29 is 14.3 Å². The van der Waals surface area contributed by atoms with Crippen LogP contribution in [-0.2, 0) is 4.79 Å². The highest BCUT2D eigenvalue weighted by atomic mass is 79.9. The second-order valence-corrected chi connectivity index (χ2v) is 8.58. The minimum Gasteiger partial charge on any atom is -0.496 e. The summed E-state index contributed by atoms with van der Waals surface area (Å²) in [6.45, 7) is 9.42. The molecule has 174 valence electrons. The molecule has 7 heteroatoms. The summed E-state index contributed by atoms with van der Waals surface area (Å²) in [6.07, 6.45) is 12.5. The van der Waals surface area contributed by atoms with Crippen molar-refractivity contribution in [3.8, 4) is 5.75 Å². The van der Waals surface area contributed by atoms with Crippen molar-refractivity contribution in [3.05, 3.63) is 63.8 Å². The van der Waals surface area contributed by atoms with Crippen molar-refractivity contribution in [1.82, 2.24) is 15.5 Å². The number of nitrogens with zero attached hydrogens (tertiary/aromatic N) is 1. The van der Waals surface area contributed by atoms with Gasteiger partial charge in [-0.3, -0.25) is 9.69 Å². The maximum Gasteiger partial charge on any atom is 0.253 e. The summed E-state index contributed by atoms with van der Waals surface area (Å²) in [6, 6.07) is 3.44. The Morgan fingerprint density at radius 1 is 1.28 bits per heavy atom. The summed E-state index contributed by atoms with van der Waals surface area (Å²) in [5.74, 6) is -0.204. The Hall–Kier alpha value is -2.38. The van der Waals surface area contributed by atoms with Crippen LogP contribution in [-0.4, -0.2) is 50.0 Å². The van der Waals surface area contributed by atoms with Crippen LogP contribution < -0.4 is 15.4 Å². The van der Waals surface area contributed by atoms with Crippen molar-refractivity contribution in [2.24, 2.45) is 0 Å². The maximum absolute atomic E-state index is 12.6. The van der Waals surface area contributed by atoms with Gasteiger partial charge in [0.2, 0.25) is 0 Å². The second kappa shape index (κ2) is 13.2. The molecule has 0 bridgehead atoms. The highest BCUT2D eigenvalue weighted by molar-refractivity contribution is 9.10. The predicted octanol–water partition coefficient (Wildman–Crippen LogP) is 4.54. The third kappa shape index (κ3) is 6.81. The Kier molecular flexibility index (Phi) is 10.7. The first-order valence-electron chi connectivity index (χ1n) is 11.1. The number of halogens is 1. The van der Waals surface area contributed by atoms with Crippen molar-refractivity contribution >= 4 is 28.1 Å². The number of hydrogen-bond donors (Lipinski definition) is 2. The molecule has 0 fully saturated rings. The predicted molar refractivity (Wildman–Crippen MR) is 133 cm³/mol. The number of ether oxygens (including phenoxy) is 1. The summed E-state index contributed by atoms with van der Waals surface area (Å²) in [5.41, 5.74) is 2.32. The van der Waals surface area contributed by atoms with Gasteiger partial charge in [-0.25, -0.2) is 0 Å². The molecule has 2 unspecified atom stereocenters. The van der Waals surface area contributed by atoms with Crippen LogP contribution in [0.15, 0.2) is 52.7 Å². The largest absolute Gasteiger partial charge is 0.496 e. The molecule has 1 aromatic rings. The second-order valence-electron chi connectivity index (χ2n) is 7.73. The van der Waals surface area contributed by atoms with Gasteiger partial charge in [0.1, 0.15) is 18.2 Å². The zero-order chi connectivity index (χ0) is 23.5. The van der Waals surface area contributed by atoms with Crippen molar-refractivity contribution in [2.45, 2.75) is 45.7 Å². The molecule has 1 aliphatic rings. The SMILES string of the molecule is C\C=C/C(=C\C=C\NC1NC(=O)c2cc(OC)c(Br)cc2C1C=O)CN(CCC)CCC. The molecule has 0 saturated carbocycles. The van der Waals surface area contributed by atoms with Crippen LogP contribution in [0.2, 0.25) is 0 Å². The Labute approximate surface area is 199 Å². The number of methoxy groups -OCH3 is 1. The number of aldehydes is 1. The van der Waals surface area contributed by atoms with E-state index in [1.807, 2.05) is 19.1 Å². The number of carbonyl (C=O) groups is 2. The lowest BCUT2D eigenvalue weighted by Gasteiger charge is -2.31. The van der Waals surface area contributed by atoms with Crippen LogP contribution >= 0.6 is 15.9 Å². The highest BCUT2D eigenvalue weighted by Crippen LogP contribution is 2.34. The molecule has 0 aromatic heterocycles. The molecule has 32 heavy (non-hydrogen) atoms. The average molecular weight is 504 g/mol. The van der Waals surface area contributed by atoms with Crippen LogP contribution in [0.3, 0.4) is 0 Å². The van der Waals surface area contributed by atoms with E-state index in [9.17, 15) is 9.59 Å². The van der Waals surface area contributed by atoms with E-state index in [1.165, 1.54) is 5.57 Å². The van der Waals surface area contributed by atoms with E-state index in [4.69, 9.17) is 4.74 Å². The number of fused-ring (bicyclic) bond motifs is 1. The van der Waals surface area contributed by atoms with Gasteiger partial charge in [-0.05, 0) is 84.3 Å². The van der Waals surface area contributed by atoms with Gasteiger partial charge in [-0.1, -0.05) is 32.1 Å². The fraction of sp³-hybridized carbons (Fsp3) is 0.440. The van der Waals surface area contributed by atoms with Crippen LogP contribution in [0, 0.1) is 0 Å². The molecule has 0 aliphatic carbocycles. The first-order chi connectivity index (χ1) is 15.5. The van der Waals surface area contributed by atoms with Gasteiger partial charge in [-0.2, -0.15) is 0 Å². The van der Waals surface area contributed by atoms with Crippen molar-refractivity contribution in [3.63, 3.8) is 0 Å². The molecule has 1 heterocycles. The van der Waals surface area contributed by atoms with Crippen molar-refractivity contribution in [1.29, 1.82) is 0 Å². The summed E-state index contributed by atoms with van der Waals surface area (Å²) in [5, 5.41) is 6.05. The lowest BCUT2D eigenvalue weighted by Crippen LogP contribution is -2.51. The molecule has 0 radical (unpaired) electrons. The third-order valence-electron chi connectivity index (χ3n) is 5.27. The molecule has 2 rings (SSSR count). The Bertz CT molecular complexity index is 873. The van der Waals surface area contributed by atoms with Gasteiger partial charge in [0.25, 0.3) is 5.91 Å². The molecular formula is C25H34BrN3O3. The Morgan fingerprint density at radius 3 is 2.59 bits per heavy atom. The summed E-state index contributed by atoms with van der Waals surface area (Å²) < 4.78 is 5.98. The molecule has 2 atom stereocenters. The van der Waals surface area contributed by atoms with Crippen LogP contribution in [0.1, 0.15) is 55.5 Å². The standard InChI is InChI=1S/C25H34BrN3O3/c1-5-9-18(16-29(12-6-2)13-7-3)10-8-11-27-24-21(17-30)19-14-22(26)23(32-4)15-20(19)25(31)28-24/h5,8-11,14-15,17,21,24,27H,6-7,12-13,16H2,1-4H3,(H,28,31)/b9-5-,11-8+,18-10+. The number of nitrogens with one attached hydrogen (secondary N) is 2. The molecule has 0 saturated heterocycles. The quantitative estimate of drug-likeness (QED) is 0.323. The maximum atomic E-state index is 12.6. The van der Waals surface area contributed by atoms with Gasteiger partial charge in [-0.15, -0.1) is 0 Å². The number of carbonyl (C=O) groups excluding carboxylic acids is 2. The van der Waals surface area contributed by atoms with E-state index in [0.717, 1.165) is 38.8 Å². The molecule has 1 amide bonds. The number of amides is 1. The lowest BCUT2D eigenvalue weighted by molar-refractivity contribution is -0.109. The van der Waals surface area contributed by atoms with Crippen LogP contribution in [0.5, 0.6) is 5.75 Å². The minimum absolute atomic E-state index is 0.241. The number of rotatable bonds is 12. The lowest BCUT2D eigenvalue weighted by atomic mass is 9.88. The van der Waals surface area contributed by atoms with E-state index in [-0.39, 0.29) is 5.91 Å². The molecule has 2 N–H and O–H groups in total. The van der Waals surface area contributed by atoms with Crippen LogP contribution in [0.25, 0.3) is 0 Å². The van der Waals surface area contributed by atoms with E-state index >= 15 is 0 Å². The molecule has 1 aromatic carbocycles. The van der Waals surface area contributed by atoms with E-state index in [2.05, 4.69) is 57.5 Å².